The van der Waals surface area contributed by atoms with Gasteiger partial charge in [-0.25, -0.2) is 0 Å². The van der Waals surface area contributed by atoms with Gasteiger partial charge in [0.2, 0.25) is 5.91 Å². The van der Waals surface area contributed by atoms with E-state index in [4.69, 9.17) is 5.73 Å². The molecule has 3 N–H and O–H groups in total. The average Bonchev–Trinajstić information content (AvgIpc) is 2.16. The molecule has 0 spiro atoms. The molecule has 1 aliphatic rings. The van der Waals surface area contributed by atoms with Gasteiger partial charge in [0.25, 0.3) is 0 Å². The predicted molar refractivity (Wildman–Crippen MR) is 66.9 cm³/mol. The summed E-state index contributed by atoms with van der Waals surface area (Å²) >= 11 is 0. The minimum atomic E-state index is -0.211. The van der Waals surface area contributed by atoms with Crippen molar-refractivity contribution in [2.24, 2.45) is 23.5 Å². The molecule has 1 aliphatic carbocycles. The largest absolute Gasteiger partial charge is 0.370 e. The second-order valence-electron chi connectivity index (χ2n) is 5.60. The Balaban J connectivity index is 2.41. The van der Waals surface area contributed by atoms with E-state index in [1.165, 1.54) is 19.3 Å². The highest BCUT2D eigenvalue weighted by Crippen LogP contribution is 2.33. The molecule has 0 saturated heterocycles. The number of primary amides is 1. The summed E-state index contributed by atoms with van der Waals surface area (Å²) in [5.74, 6) is 2.07. The van der Waals surface area contributed by atoms with Gasteiger partial charge >= 0.3 is 0 Å². The molecule has 0 aliphatic heterocycles. The minimum absolute atomic E-state index is 0.211. The SMILES string of the molecule is CC1CCC(C(C)C)C(NCCC(N)=O)C1. The summed E-state index contributed by atoms with van der Waals surface area (Å²) in [5, 5.41) is 3.51. The lowest BCUT2D eigenvalue weighted by molar-refractivity contribution is -0.117. The van der Waals surface area contributed by atoms with Crippen LogP contribution >= 0.6 is 0 Å². The number of amides is 1. The van der Waals surface area contributed by atoms with Crippen LogP contribution in [0.1, 0.15) is 46.5 Å². The van der Waals surface area contributed by atoms with Crippen molar-refractivity contribution in [3.05, 3.63) is 0 Å². The zero-order valence-electron chi connectivity index (χ0n) is 10.8. The topological polar surface area (TPSA) is 55.1 Å². The Bertz CT molecular complexity index is 228. The van der Waals surface area contributed by atoms with Gasteiger partial charge in [-0.1, -0.05) is 27.2 Å². The lowest BCUT2D eigenvalue weighted by Gasteiger charge is -2.38. The van der Waals surface area contributed by atoms with Crippen LogP contribution in [0.15, 0.2) is 0 Å². The fraction of sp³-hybridized carbons (Fsp3) is 0.923. The second kappa shape index (κ2) is 6.24. The van der Waals surface area contributed by atoms with Gasteiger partial charge in [-0.05, 0) is 30.6 Å². The molecule has 1 fully saturated rings. The molecule has 3 heteroatoms. The van der Waals surface area contributed by atoms with Crippen LogP contribution in [0.25, 0.3) is 0 Å². The number of carbonyl (C=O) groups excluding carboxylic acids is 1. The first-order valence-electron chi connectivity index (χ1n) is 6.52. The number of hydrogen-bond donors (Lipinski definition) is 2. The van der Waals surface area contributed by atoms with E-state index in [2.05, 4.69) is 26.1 Å². The van der Waals surface area contributed by atoms with E-state index < -0.39 is 0 Å². The highest BCUT2D eigenvalue weighted by molar-refractivity contribution is 5.73. The number of carbonyl (C=O) groups is 1. The van der Waals surface area contributed by atoms with E-state index in [9.17, 15) is 4.79 Å². The quantitative estimate of drug-likeness (QED) is 0.752. The monoisotopic (exact) mass is 226 g/mol. The summed E-state index contributed by atoms with van der Waals surface area (Å²) in [7, 11) is 0. The summed E-state index contributed by atoms with van der Waals surface area (Å²) in [6.07, 6.45) is 4.35. The third-order valence-corrected chi connectivity index (χ3v) is 3.80. The van der Waals surface area contributed by atoms with Gasteiger partial charge in [0.15, 0.2) is 0 Å². The summed E-state index contributed by atoms with van der Waals surface area (Å²) in [6.45, 7) is 7.64. The van der Waals surface area contributed by atoms with Gasteiger partial charge in [0.1, 0.15) is 0 Å². The molecule has 0 heterocycles. The lowest BCUT2D eigenvalue weighted by atomic mass is 9.74. The summed E-state index contributed by atoms with van der Waals surface area (Å²) in [6, 6.07) is 0.572. The first kappa shape index (κ1) is 13.5. The molecule has 0 aromatic rings. The Hall–Kier alpha value is -0.570. The maximum atomic E-state index is 10.7. The van der Waals surface area contributed by atoms with E-state index in [0.717, 1.165) is 24.3 Å². The zero-order valence-corrected chi connectivity index (χ0v) is 10.8. The van der Waals surface area contributed by atoms with Crippen LogP contribution in [0.5, 0.6) is 0 Å². The normalized spacial score (nSPS) is 30.6. The van der Waals surface area contributed by atoms with Crippen LogP contribution in [-0.2, 0) is 4.79 Å². The van der Waals surface area contributed by atoms with Crippen LogP contribution < -0.4 is 11.1 Å². The molecular weight excluding hydrogens is 200 g/mol. The summed E-state index contributed by atoms with van der Waals surface area (Å²) < 4.78 is 0. The maximum Gasteiger partial charge on any atom is 0.218 e. The average molecular weight is 226 g/mol. The summed E-state index contributed by atoms with van der Waals surface area (Å²) in [5.41, 5.74) is 5.15. The Morgan fingerprint density at radius 1 is 1.44 bits per heavy atom. The molecule has 1 rings (SSSR count). The third kappa shape index (κ3) is 4.12. The Morgan fingerprint density at radius 2 is 2.12 bits per heavy atom. The van der Waals surface area contributed by atoms with Crippen LogP contribution in [0.3, 0.4) is 0 Å². The van der Waals surface area contributed by atoms with Gasteiger partial charge in [0, 0.05) is 19.0 Å². The highest BCUT2D eigenvalue weighted by Gasteiger charge is 2.29. The minimum Gasteiger partial charge on any atom is -0.370 e. The van der Waals surface area contributed by atoms with Gasteiger partial charge in [-0.3, -0.25) is 4.79 Å². The van der Waals surface area contributed by atoms with Crippen LogP contribution in [0, 0.1) is 17.8 Å². The molecule has 0 aromatic heterocycles. The van der Waals surface area contributed by atoms with Crippen molar-refractivity contribution in [2.45, 2.75) is 52.5 Å². The van der Waals surface area contributed by atoms with Crippen LogP contribution in [-0.4, -0.2) is 18.5 Å². The van der Waals surface area contributed by atoms with Gasteiger partial charge in [0.05, 0.1) is 0 Å². The van der Waals surface area contributed by atoms with E-state index >= 15 is 0 Å². The smallest absolute Gasteiger partial charge is 0.218 e. The van der Waals surface area contributed by atoms with E-state index in [0.29, 0.717) is 12.5 Å². The molecular formula is C13H26N2O. The number of hydrogen-bond acceptors (Lipinski definition) is 2. The number of nitrogens with two attached hydrogens (primary N) is 1. The van der Waals surface area contributed by atoms with E-state index in [1.54, 1.807) is 0 Å². The zero-order chi connectivity index (χ0) is 12.1. The van der Waals surface area contributed by atoms with Crippen molar-refractivity contribution in [3.63, 3.8) is 0 Å². The Morgan fingerprint density at radius 3 is 2.69 bits per heavy atom. The summed E-state index contributed by atoms with van der Waals surface area (Å²) in [4.78, 5) is 10.7. The van der Waals surface area contributed by atoms with Crippen LogP contribution in [0.2, 0.25) is 0 Å². The molecule has 1 saturated carbocycles. The molecule has 0 radical (unpaired) electrons. The fourth-order valence-electron chi connectivity index (χ4n) is 2.82. The first-order valence-corrected chi connectivity index (χ1v) is 6.52. The molecule has 0 aromatic carbocycles. The molecule has 3 unspecified atom stereocenters. The second-order valence-corrected chi connectivity index (χ2v) is 5.60. The van der Waals surface area contributed by atoms with Crippen LogP contribution in [0.4, 0.5) is 0 Å². The van der Waals surface area contributed by atoms with Crippen molar-refractivity contribution in [2.75, 3.05) is 6.54 Å². The van der Waals surface area contributed by atoms with Crippen molar-refractivity contribution >= 4 is 5.91 Å². The fourth-order valence-corrected chi connectivity index (χ4v) is 2.82. The molecule has 0 bridgehead atoms. The Labute approximate surface area is 99.2 Å². The molecule has 1 amide bonds. The van der Waals surface area contributed by atoms with Gasteiger partial charge < -0.3 is 11.1 Å². The van der Waals surface area contributed by atoms with Crippen molar-refractivity contribution in [1.82, 2.24) is 5.32 Å². The van der Waals surface area contributed by atoms with E-state index in [-0.39, 0.29) is 5.91 Å². The maximum absolute atomic E-state index is 10.7. The molecule has 3 nitrogen and oxygen atoms in total. The number of nitrogens with one attached hydrogen (secondary N) is 1. The number of rotatable bonds is 5. The first-order chi connectivity index (χ1) is 7.50. The van der Waals surface area contributed by atoms with Crippen molar-refractivity contribution in [1.29, 1.82) is 0 Å². The van der Waals surface area contributed by atoms with Gasteiger partial charge in [-0.15, -0.1) is 0 Å². The Kier molecular flexibility index (Phi) is 5.26. The van der Waals surface area contributed by atoms with Crippen molar-refractivity contribution < 1.29 is 4.79 Å². The highest BCUT2D eigenvalue weighted by atomic mass is 16.1. The van der Waals surface area contributed by atoms with E-state index in [1.807, 2.05) is 0 Å². The predicted octanol–water partition coefficient (Wildman–Crippen LogP) is 1.91. The molecule has 16 heavy (non-hydrogen) atoms. The molecule has 94 valence electrons. The molecule has 3 atom stereocenters. The lowest BCUT2D eigenvalue weighted by Crippen LogP contribution is -2.43. The van der Waals surface area contributed by atoms with Gasteiger partial charge in [-0.2, -0.15) is 0 Å². The third-order valence-electron chi connectivity index (χ3n) is 3.80. The van der Waals surface area contributed by atoms with Crippen molar-refractivity contribution in [3.8, 4) is 0 Å². The standard InChI is InChI=1S/C13H26N2O/c1-9(2)11-5-4-10(3)8-12(11)15-7-6-13(14)16/h9-12,15H,4-8H2,1-3H3,(H2,14,16).